The summed E-state index contributed by atoms with van der Waals surface area (Å²) in [5, 5.41) is 0. The molecule has 0 saturated heterocycles. The van der Waals surface area contributed by atoms with Crippen molar-refractivity contribution in [2.75, 3.05) is 33.0 Å². The first-order valence-electron chi connectivity index (χ1n) is 12.7. The third-order valence-corrected chi connectivity index (χ3v) is 5.45. The van der Waals surface area contributed by atoms with Crippen LogP contribution in [-0.4, -0.2) is 44.8 Å². The Hall–Kier alpha value is -1.72. The Labute approximate surface area is 195 Å². The fourth-order valence-corrected chi connectivity index (χ4v) is 3.51. The summed E-state index contributed by atoms with van der Waals surface area (Å²) in [4.78, 5) is 23.5. The molecule has 0 atom stereocenters. The van der Waals surface area contributed by atoms with Crippen molar-refractivity contribution in [3.63, 3.8) is 0 Å². The first-order valence-corrected chi connectivity index (χ1v) is 12.7. The number of benzene rings is 1. The molecule has 0 fully saturated rings. The lowest BCUT2D eigenvalue weighted by molar-refractivity contribution is -0.139. The second kappa shape index (κ2) is 21.1. The van der Waals surface area contributed by atoms with E-state index in [1.54, 1.807) is 30.3 Å². The van der Waals surface area contributed by atoms with Gasteiger partial charge in [0.2, 0.25) is 0 Å². The largest absolute Gasteiger partial charge is 0.457 e. The number of ketones is 1. The number of esters is 1. The van der Waals surface area contributed by atoms with Crippen LogP contribution in [-0.2, 0) is 19.0 Å². The number of rotatable bonds is 22. The summed E-state index contributed by atoms with van der Waals surface area (Å²) >= 11 is 0. The van der Waals surface area contributed by atoms with E-state index >= 15 is 0 Å². The third kappa shape index (κ3) is 16.0. The summed E-state index contributed by atoms with van der Waals surface area (Å²) in [6, 6.07) is 8.39. The number of unbranched alkanes of at least 4 members (excludes halogenated alkanes) is 12. The van der Waals surface area contributed by atoms with Crippen molar-refractivity contribution in [2.45, 2.75) is 90.4 Å². The highest BCUT2D eigenvalue weighted by Crippen LogP contribution is 2.12. The molecule has 1 aromatic carbocycles. The predicted octanol–water partition coefficient (Wildman–Crippen LogP) is 6.54. The van der Waals surface area contributed by atoms with E-state index in [1.165, 1.54) is 77.0 Å². The van der Waals surface area contributed by atoms with E-state index in [1.807, 2.05) is 0 Å². The normalized spacial score (nSPS) is 10.9. The van der Waals surface area contributed by atoms with Gasteiger partial charge in [-0.3, -0.25) is 4.79 Å². The van der Waals surface area contributed by atoms with Crippen molar-refractivity contribution in [3.05, 3.63) is 35.9 Å². The molecule has 0 saturated carbocycles. The van der Waals surface area contributed by atoms with Gasteiger partial charge >= 0.3 is 5.97 Å². The van der Waals surface area contributed by atoms with Gasteiger partial charge in [-0.2, -0.15) is 0 Å². The summed E-state index contributed by atoms with van der Waals surface area (Å²) in [6.45, 7) is 4.36. The zero-order chi connectivity index (χ0) is 23.1. The summed E-state index contributed by atoms with van der Waals surface area (Å²) in [7, 11) is 0. The van der Waals surface area contributed by atoms with Gasteiger partial charge < -0.3 is 14.2 Å². The van der Waals surface area contributed by atoms with Crippen LogP contribution in [0.3, 0.4) is 0 Å². The molecule has 1 rings (SSSR count). The van der Waals surface area contributed by atoms with Crippen molar-refractivity contribution >= 4 is 11.8 Å². The van der Waals surface area contributed by atoms with Gasteiger partial charge in [-0.15, -0.1) is 0 Å². The molecule has 0 aromatic heterocycles. The zero-order valence-electron chi connectivity index (χ0n) is 20.2. The van der Waals surface area contributed by atoms with Gasteiger partial charge in [0.1, 0.15) is 6.61 Å². The Bertz CT molecular complexity index is 573. The van der Waals surface area contributed by atoms with Crippen molar-refractivity contribution in [1.82, 2.24) is 0 Å². The highest BCUT2D eigenvalue weighted by molar-refractivity contribution is 6.40. The second-order valence-corrected chi connectivity index (χ2v) is 8.30. The zero-order valence-corrected chi connectivity index (χ0v) is 20.2. The van der Waals surface area contributed by atoms with Crippen LogP contribution in [0.2, 0.25) is 0 Å². The number of hydrogen-bond acceptors (Lipinski definition) is 5. The average molecular weight is 449 g/mol. The first-order chi connectivity index (χ1) is 15.8. The summed E-state index contributed by atoms with van der Waals surface area (Å²) in [5.74, 6) is -1.48. The molecule has 5 heteroatoms. The minimum absolute atomic E-state index is 0.0657. The molecule has 0 aliphatic heterocycles. The number of carbonyl (C=O) groups is 2. The van der Waals surface area contributed by atoms with Crippen LogP contribution >= 0.6 is 0 Å². The Morgan fingerprint density at radius 1 is 0.594 bits per heavy atom. The molecule has 32 heavy (non-hydrogen) atoms. The van der Waals surface area contributed by atoms with Crippen molar-refractivity contribution in [1.29, 1.82) is 0 Å². The second-order valence-electron chi connectivity index (χ2n) is 8.30. The van der Waals surface area contributed by atoms with Crippen molar-refractivity contribution < 1.29 is 23.8 Å². The Balaban J connectivity index is 1.77. The molecule has 0 radical (unpaired) electrons. The molecule has 182 valence electrons. The van der Waals surface area contributed by atoms with E-state index in [2.05, 4.69) is 6.92 Å². The lowest BCUT2D eigenvalue weighted by Crippen LogP contribution is -2.20. The molecule has 0 aliphatic rings. The van der Waals surface area contributed by atoms with Crippen LogP contribution in [0.15, 0.2) is 30.3 Å². The molecular weight excluding hydrogens is 404 g/mol. The fraction of sp³-hybridized carbons (Fsp3) is 0.704. The Morgan fingerprint density at radius 3 is 1.62 bits per heavy atom. The van der Waals surface area contributed by atoms with E-state index in [4.69, 9.17) is 14.2 Å². The Morgan fingerprint density at radius 2 is 1.06 bits per heavy atom. The van der Waals surface area contributed by atoms with Crippen LogP contribution in [0.25, 0.3) is 0 Å². The van der Waals surface area contributed by atoms with Crippen LogP contribution in [0.1, 0.15) is 101 Å². The molecule has 0 aliphatic carbocycles. The van der Waals surface area contributed by atoms with Gasteiger partial charge in [0.25, 0.3) is 5.78 Å². The lowest BCUT2D eigenvalue weighted by Gasteiger charge is -2.07. The van der Waals surface area contributed by atoms with Gasteiger partial charge in [0.05, 0.1) is 19.8 Å². The molecule has 0 unspecified atom stereocenters. The van der Waals surface area contributed by atoms with Gasteiger partial charge in [0, 0.05) is 12.2 Å². The standard InChI is InChI=1S/C27H44O5/c1-2-3-4-5-6-7-8-9-10-11-12-13-17-20-30-21-22-31-23-24-32-27(29)26(28)25-18-15-14-16-19-25/h14-16,18-19H,2-13,17,20-24H2,1H3. The SMILES string of the molecule is CCCCCCCCCCCCCCCOCCOCCOC(=O)C(=O)c1ccccc1. The molecule has 0 bridgehead atoms. The molecule has 5 nitrogen and oxygen atoms in total. The third-order valence-electron chi connectivity index (χ3n) is 5.45. The highest BCUT2D eigenvalue weighted by atomic mass is 16.6. The molecule has 0 N–H and O–H groups in total. The highest BCUT2D eigenvalue weighted by Gasteiger charge is 2.16. The van der Waals surface area contributed by atoms with Crippen LogP contribution in [0, 0.1) is 0 Å². The topological polar surface area (TPSA) is 61.8 Å². The van der Waals surface area contributed by atoms with Crippen LogP contribution in [0.5, 0.6) is 0 Å². The number of carbonyl (C=O) groups excluding carboxylic acids is 2. The van der Waals surface area contributed by atoms with Gasteiger partial charge in [-0.25, -0.2) is 4.79 Å². The summed E-state index contributed by atoms with van der Waals surface area (Å²) in [5.41, 5.74) is 0.333. The quantitative estimate of drug-likeness (QED) is 0.0872. The number of ether oxygens (including phenoxy) is 3. The lowest BCUT2D eigenvalue weighted by atomic mass is 10.0. The van der Waals surface area contributed by atoms with Crippen molar-refractivity contribution in [2.24, 2.45) is 0 Å². The van der Waals surface area contributed by atoms with Gasteiger partial charge in [-0.05, 0) is 6.42 Å². The monoisotopic (exact) mass is 448 g/mol. The average Bonchev–Trinajstić information content (AvgIpc) is 2.82. The molecule has 0 spiro atoms. The number of hydrogen-bond donors (Lipinski definition) is 0. The molecule has 0 heterocycles. The van der Waals surface area contributed by atoms with E-state index in [0.717, 1.165) is 13.0 Å². The smallest absolute Gasteiger partial charge is 0.379 e. The summed E-state index contributed by atoms with van der Waals surface area (Å²) < 4.78 is 15.9. The fourth-order valence-electron chi connectivity index (χ4n) is 3.51. The molecule has 0 amide bonds. The maximum absolute atomic E-state index is 11.8. The van der Waals surface area contributed by atoms with Crippen molar-refractivity contribution in [3.8, 4) is 0 Å². The summed E-state index contributed by atoms with van der Waals surface area (Å²) in [6.07, 6.45) is 17.5. The Kier molecular flexibility index (Phi) is 18.7. The van der Waals surface area contributed by atoms with Crippen LogP contribution < -0.4 is 0 Å². The minimum Gasteiger partial charge on any atom is -0.457 e. The number of Topliss-reactive ketones (excluding diaryl/α,β-unsaturated/α-hetero) is 1. The molecular formula is C27H44O5. The molecule has 1 aromatic rings. The minimum atomic E-state index is -0.849. The van der Waals surface area contributed by atoms with Gasteiger partial charge in [0.15, 0.2) is 0 Å². The van der Waals surface area contributed by atoms with Gasteiger partial charge in [-0.1, -0.05) is 114 Å². The maximum atomic E-state index is 11.8. The maximum Gasteiger partial charge on any atom is 0.379 e. The predicted molar refractivity (Wildman–Crippen MR) is 129 cm³/mol. The first kappa shape index (κ1) is 28.3. The van der Waals surface area contributed by atoms with E-state index < -0.39 is 11.8 Å². The van der Waals surface area contributed by atoms with E-state index in [9.17, 15) is 9.59 Å². The van der Waals surface area contributed by atoms with E-state index in [0.29, 0.717) is 18.8 Å². The van der Waals surface area contributed by atoms with Crippen LogP contribution in [0.4, 0.5) is 0 Å². The van der Waals surface area contributed by atoms with E-state index in [-0.39, 0.29) is 13.2 Å².